The van der Waals surface area contributed by atoms with E-state index in [1.54, 1.807) is 7.11 Å². The van der Waals surface area contributed by atoms with Gasteiger partial charge in [0.2, 0.25) is 0 Å². The lowest BCUT2D eigenvalue weighted by molar-refractivity contribution is 0.364. The van der Waals surface area contributed by atoms with E-state index in [2.05, 4.69) is 31.1 Å². The van der Waals surface area contributed by atoms with Crippen molar-refractivity contribution in [3.8, 4) is 5.75 Å². The first-order valence-electron chi connectivity index (χ1n) is 6.66. The van der Waals surface area contributed by atoms with Crippen molar-refractivity contribution in [1.29, 1.82) is 0 Å². The molecule has 0 saturated heterocycles. The molecule has 1 aromatic rings. The molecule has 1 unspecified atom stereocenters. The minimum absolute atomic E-state index is 0.145. The van der Waals surface area contributed by atoms with Crippen LogP contribution in [0.1, 0.15) is 38.6 Å². The zero-order chi connectivity index (χ0) is 14.5. The quantitative estimate of drug-likeness (QED) is 0.812. The van der Waals surface area contributed by atoms with E-state index in [-0.39, 0.29) is 10.8 Å². The lowest BCUT2D eigenvalue weighted by Crippen LogP contribution is -2.26. The number of rotatable bonds is 6. The van der Waals surface area contributed by atoms with Crippen LogP contribution >= 0.6 is 11.6 Å². The molecule has 0 radical (unpaired) electrons. The Morgan fingerprint density at radius 2 is 2.05 bits per heavy atom. The minimum Gasteiger partial charge on any atom is -0.497 e. The predicted octanol–water partition coefficient (Wildman–Crippen LogP) is 3.53. The number of aryl methyl sites for hydroxylation is 1. The number of methoxy groups -OCH3 is 1. The third kappa shape index (κ3) is 6.79. The molecule has 1 rings (SSSR count). The van der Waals surface area contributed by atoms with E-state index in [1.807, 2.05) is 19.1 Å². The van der Waals surface area contributed by atoms with E-state index >= 15 is 0 Å². The molecule has 0 aliphatic rings. The number of halogens is 1. The highest BCUT2D eigenvalue weighted by Crippen LogP contribution is 2.23. The maximum Gasteiger partial charge on any atom is 0.122 e. The summed E-state index contributed by atoms with van der Waals surface area (Å²) >= 11 is 6.31. The molecule has 108 valence electrons. The number of nitrogens with one attached hydrogen (secondary N) is 1. The fraction of sp³-hybridized carbons (Fsp3) is 0.667. The van der Waals surface area contributed by atoms with Crippen molar-refractivity contribution >= 4 is 11.6 Å². The fourth-order valence-electron chi connectivity index (χ4n) is 2.00. The summed E-state index contributed by atoms with van der Waals surface area (Å²) in [5.74, 6) is 0.849. The van der Waals surface area contributed by atoms with Gasteiger partial charge in [-0.2, -0.15) is 0 Å². The second-order valence-corrected chi connectivity index (χ2v) is 6.75. The first-order chi connectivity index (χ1) is 8.80. The van der Waals surface area contributed by atoms with Crippen LogP contribution < -0.4 is 10.1 Å². The smallest absolute Gasteiger partial charge is 0.122 e. The highest BCUT2D eigenvalue weighted by molar-refractivity contribution is 6.20. The van der Waals surface area contributed by atoms with E-state index in [9.17, 15) is 0 Å². The molecule has 3 nitrogen and oxygen atoms in total. The number of ether oxygens (including phenoxy) is 1. The molecule has 1 atom stereocenters. The third-order valence-electron chi connectivity index (χ3n) is 2.72. The average Bonchev–Trinajstić information content (AvgIpc) is 2.25. The molecule has 0 aliphatic carbocycles. The fourth-order valence-corrected chi connectivity index (χ4v) is 2.58. The third-order valence-corrected chi connectivity index (χ3v) is 3.03. The summed E-state index contributed by atoms with van der Waals surface area (Å²) in [5, 5.41) is 3.50. The van der Waals surface area contributed by atoms with Gasteiger partial charge in [0, 0.05) is 36.3 Å². The number of aromatic nitrogens is 1. The van der Waals surface area contributed by atoms with Crippen molar-refractivity contribution in [3.05, 3.63) is 23.5 Å². The van der Waals surface area contributed by atoms with Gasteiger partial charge in [-0.05, 0) is 18.8 Å². The largest absolute Gasteiger partial charge is 0.497 e. The summed E-state index contributed by atoms with van der Waals surface area (Å²) in [7, 11) is 1.67. The standard InChI is InChI=1S/C15H25ClN2O/c1-11-6-14(19-5)7-13(18-11)10-17-9-12(16)8-15(2,3)4/h6-7,12,17H,8-10H2,1-5H3. The van der Waals surface area contributed by atoms with E-state index in [1.165, 1.54) is 0 Å². The molecule has 19 heavy (non-hydrogen) atoms. The zero-order valence-corrected chi connectivity index (χ0v) is 13.3. The summed E-state index contributed by atoms with van der Waals surface area (Å²) in [6.07, 6.45) is 0.992. The summed E-state index contributed by atoms with van der Waals surface area (Å²) < 4.78 is 5.24. The topological polar surface area (TPSA) is 34.1 Å². The number of nitrogens with zero attached hydrogens (tertiary/aromatic N) is 1. The van der Waals surface area contributed by atoms with Gasteiger partial charge in [-0.15, -0.1) is 11.6 Å². The monoisotopic (exact) mass is 284 g/mol. The Labute approximate surface area is 121 Å². The van der Waals surface area contributed by atoms with Gasteiger partial charge >= 0.3 is 0 Å². The molecule has 0 amide bonds. The molecular weight excluding hydrogens is 260 g/mol. The summed E-state index contributed by atoms with van der Waals surface area (Å²) in [5.41, 5.74) is 2.21. The van der Waals surface area contributed by atoms with Gasteiger partial charge in [0.05, 0.1) is 12.8 Å². The van der Waals surface area contributed by atoms with Gasteiger partial charge in [-0.3, -0.25) is 4.98 Å². The van der Waals surface area contributed by atoms with E-state index in [4.69, 9.17) is 16.3 Å². The molecule has 0 saturated carbocycles. The van der Waals surface area contributed by atoms with Crippen LogP contribution in [-0.2, 0) is 6.54 Å². The highest BCUT2D eigenvalue weighted by atomic mass is 35.5. The maximum absolute atomic E-state index is 6.31. The molecule has 0 aromatic carbocycles. The van der Waals surface area contributed by atoms with Gasteiger partial charge < -0.3 is 10.1 Å². The average molecular weight is 285 g/mol. The summed E-state index contributed by atoms with van der Waals surface area (Å²) in [4.78, 5) is 4.47. The van der Waals surface area contributed by atoms with Crippen molar-refractivity contribution in [2.24, 2.45) is 5.41 Å². The number of hydrogen-bond donors (Lipinski definition) is 1. The molecule has 0 bridgehead atoms. The minimum atomic E-state index is 0.145. The molecule has 0 fully saturated rings. The first kappa shape index (κ1) is 16.3. The Balaban J connectivity index is 2.43. The van der Waals surface area contributed by atoms with Gasteiger partial charge in [0.25, 0.3) is 0 Å². The van der Waals surface area contributed by atoms with Crippen LogP contribution in [-0.4, -0.2) is 24.0 Å². The SMILES string of the molecule is COc1cc(C)nc(CNCC(Cl)CC(C)(C)C)c1. The van der Waals surface area contributed by atoms with Crippen molar-refractivity contribution in [2.75, 3.05) is 13.7 Å². The first-order valence-corrected chi connectivity index (χ1v) is 7.10. The Morgan fingerprint density at radius 1 is 1.37 bits per heavy atom. The van der Waals surface area contributed by atoms with E-state index < -0.39 is 0 Å². The van der Waals surface area contributed by atoms with Gasteiger partial charge in [-0.25, -0.2) is 0 Å². The Kier molecular flexibility index (Phi) is 6.08. The second kappa shape index (κ2) is 7.11. The van der Waals surface area contributed by atoms with Crippen molar-refractivity contribution in [3.63, 3.8) is 0 Å². The molecule has 0 aliphatic heterocycles. The van der Waals surface area contributed by atoms with Crippen LogP contribution in [0, 0.1) is 12.3 Å². The van der Waals surface area contributed by atoms with E-state index in [0.717, 1.165) is 30.1 Å². The molecule has 0 spiro atoms. The molecule has 1 N–H and O–H groups in total. The lowest BCUT2D eigenvalue weighted by Gasteiger charge is -2.22. The molecule has 1 heterocycles. The van der Waals surface area contributed by atoms with Crippen LogP contribution in [0.4, 0.5) is 0 Å². The Hall–Kier alpha value is -0.800. The van der Waals surface area contributed by atoms with Crippen LogP contribution in [0.25, 0.3) is 0 Å². The van der Waals surface area contributed by atoms with Crippen molar-refractivity contribution in [2.45, 2.75) is 46.0 Å². The van der Waals surface area contributed by atoms with Crippen LogP contribution in [0.2, 0.25) is 0 Å². The van der Waals surface area contributed by atoms with Crippen molar-refractivity contribution in [1.82, 2.24) is 10.3 Å². The molecular formula is C15H25ClN2O. The van der Waals surface area contributed by atoms with E-state index in [0.29, 0.717) is 6.54 Å². The van der Waals surface area contributed by atoms with Gasteiger partial charge in [0.1, 0.15) is 5.75 Å². The number of pyridine rings is 1. The molecule has 4 heteroatoms. The second-order valence-electron chi connectivity index (χ2n) is 6.13. The van der Waals surface area contributed by atoms with Crippen LogP contribution in [0.3, 0.4) is 0 Å². The van der Waals surface area contributed by atoms with Crippen LogP contribution in [0.15, 0.2) is 12.1 Å². The Morgan fingerprint density at radius 3 is 2.63 bits per heavy atom. The maximum atomic E-state index is 6.31. The summed E-state index contributed by atoms with van der Waals surface area (Å²) in [6, 6.07) is 3.88. The zero-order valence-electron chi connectivity index (χ0n) is 12.6. The van der Waals surface area contributed by atoms with Crippen LogP contribution in [0.5, 0.6) is 5.75 Å². The normalized spacial score (nSPS) is 13.4. The number of hydrogen-bond acceptors (Lipinski definition) is 3. The van der Waals surface area contributed by atoms with Crippen molar-refractivity contribution < 1.29 is 4.74 Å². The molecule has 1 aromatic heterocycles. The number of alkyl halides is 1. The van der Waals surface area contributed by atoms with Gasteiger partial charge in [0.15, 0.2) is 0 Å². The predicted molar refractivity (Wildman–Crippen MR) is 80.9 cm³/mol. The lowest BCUT2D eigenvalue weighted by atomic mass is 9.90. The Bertz CT molecular complexity index is 402. The highest BCUT2D eigenvalue weighted by Gasteiger charge is 2.16. The van der Waals surface area contributed by atoms with Gasteiger partial charge in [-0.1, -0.05) is 20.8 Å². The summed E-state index contributed by atoms with van der Waals surface area (Å²) in [6.45, 7) is 10.1.